The summed E-state index contributed by atoms with van der Waals surface area (Å²) >= 11 is 0. The van der Waals surface area contributed by atoms with Crippen LogP contribution in [-0.4, -0.2) is 77.2 Å². The van der Waals surface area contributed by atoms with E-state index < -0.39 is 6.09 Å². The predicted octanol–water partition coefficient (Wildman–Crippen LogP) is 4.77. The van der Waals surface area contributed by atoms with Crippen LogP contribution >= 0.6 is 0 Å². The molecule has 1 aromatic heterocycles. The summed E-state index contributed by atoms with van der Waals surface area (Å²) in [5, 5.41) is 13.0. The Morgan fingerprint density at radius 1 is 1.03 bits per heavy atom. The molecule has 0 fully saturated rings. The lowest BCUT2D eigenvalue weighted by Gasteiger charge is -2.23. The Morgan fingerprint density at radius 3 is 2.35 bits per heavy atom. The summed E-state index contributed by atoms with van der Waals surface area (Å²) in [5.41, 5.74) is 2.52. The van der Waals surface area contributed by atoms with Crippen molar-refractivity contribution in [2.45, 2.75) is 20.8 Å². The third-order valence-corrected chi connectivity index (χ3v) is 6.02. The van der Waals surface area contributed by atoms with E-state index in [9.17, 15) is 14.7 Å². The number of benzene rings is 2. The number of nitrogens with one attached hydrogen (secondary N) is 1. The molecule has 1 heterocycles. The Kier molecular flexibility index (Phi) is 9.39. The molecule has 10 nitrogen and oxygen atoms in total. The molecule has 3 rings (SSSR count). The average Bonchev–Trinajstić information content (AvgIpc) is 2.90. The van der Waals surface area contributed by atoms with E-state index in [2.05, 4.69) is 34.0 Å². The van der Waals surface area contributed by atoms with Crippen LogP contribution < -0.4 is 15.0 Å². The van der Waals surface area contributed by atoms with Crippen LogP contribution in [0.4, 0.5) is 27.9 Å². The van der Waals surface area contributed by atoms with Gasteiger partial charge in [0.15, 0.2) is 0 Å². The summed E-state index contributed by atoms with van der Waals surface area (Å²) in [6, 6.07) is 13.7. The smallest absolute Gasteiger partial charge is 0.417 e. The third-order valence-electron chi connectivity index (χ3n) is 6.02. The molecule has 10 heteroatoms. The van der Waals surface area contributed by atoms with Crippen LogP contribution in [0.2, 0.25) is 0 Å². The minimum absolute atomic E-state index is 0.0545. The number of hydrogen-bond donors (Lipinski definition) is 2. The molecule has 2 aromatic carbocycles. The van der Waals surface area contributed by atoms with Gasteiger partial charge in [-0.2, -0.15) is 4.98 Å². The zero-order chi connectivity index (χ0) is 26.9. The molecule has 3 aromatic rings. The van der Waals surface area contributed by atoms with Crippen molar-refractivity contribution < 1.29 is 19.4 Å². The Morgan fingerprint density at radius 2 is 1.73 bits per heavy atom. The number of carbonyl (C=O) groups excluding carboxylic acids is 1. The van der Waals surface area contributed by atoms with E-state index in [0.29, 0.717) is 29.2 Å². The van der Waals surface area contributed by atoms with E-state index in [0.717, 1.165) is 30.1 Å². The van der Waals surface area contributed by atoms with Crippen LogP contribution in [0.1, 0.15) is 29.8 Å². The SMILES string of the molecule is CCN(CC)CCN(C)C(=O)c1ccc(Nc2nccc(N(C(=O)O)c3ccc(C)cc3OC)n2)cc1. The average molecular weight is 507 g/mol. The maximum Gasteiger partial charge on any atom is 0.417 e. The quantitative estimate of drug-likeness (QED) is 0.383. The molecule has 2 N–H and O–H groups in total. The van der Waals surface area contributed by atoms with Gasteiger partial charge in [0.1, 0.15) is 11.6 Å². The van der Waals surface area contributed by atoms with Crippen molar-refractivity contribution in [3.05, 3.63) is 65.9 Å². The van der Waals surface area contributed by atoms with Crippen LogP contribution in [0.15, 0.2) is 54.7 Å². The number of rotatable bonds is 11. The Bertz CT molecular complexity index is 1210. The van der Waals surface area contributed by atoms with Crippen LogP contribution in [0.25, 0.3) is 0 Å². The van der Waals surface area contributed by atoms with E-state index in [-0.39, 0.29) is 17.7 Å². The monoisotopic (exact) mass is 506 g/mol. The second-order valence-corrected chi connectivity index (χ2v) is 8.49. The maximum atomic E-state index is 12.8. The zero-order valence-corrected chi connectivity index (χ0v) is 21.9. The van der Waals surface area contributed by atoms with Gasteiger partial charge in [-0.3, -0.25) is 4.79 Å². The van der Waals surface area contributed by atoms with Crippen molar-refractivity contribution in [2.24, 2.45) is 0 Å². The lowest BCUT2D eigenvalue weighted by atomic mass is 10.2. The Labute approximate surface area is 217 Å². The van der Waals surface area contributed by atoms with Crippen molar-refractivity contribution in [2.75, 3.05) is 50.6 Å². The van der Waals surface area contributed by atoms with E-state index in [1.165, 1.54) is 19.4 Å². The second kappa shape index (κ2) is 12.7. The van der Waals surface area contributed by atoms with Gasteiger partial charge in [-0.1, -0.05) is 19.9 Å². The number of aromatic nitrogens is 2. The van der Waals surface area contributed by atoms with Crippen molar-refractivity contribution in [1.29, 1.82) is 0 Å². The number of anilines is 4. The number of likely N-dealkylation sites (N-methyl/N-ethyl adjacent to an activating group) is 2. The van der Waals surface area contributed by atoms with Gasteiger partial charge < -0.3 is 25.0 Å². The van der Waals surface area contributed by atoms with E-state index >= 15 is 0 Å². The molecule has 0 atom stereocenters. The lowest BCUT2D eigenvalue weighted by Crippen LogP contribution is -2.36. The second-order valence-electron chi connectivity index (χ2n) is 8.49. The number of ether oxygens (including phenoxy) is 1. The highest BCUT2D eigenvalue weighted by Crippen LogP contribution is 2.34. The zero-order valence-electron chi connectivity index (χ0n) is 21.9. The highest BCUT2D eigenvalue weighted by atomic mass is 16.5. The number of carbonyl (C=O) groups is 2. The molecular formula is C27H34N6O4. The maximum absolute atomic E-state index is 12.8. The number of aryl methyl sites for hydroxylation is 1. The standard InChI is InChI=1S/C27H34N6O4/c1-6-32(7-2)17-16-31(4)25(34)20-9-11-21(12-10-20)29-26-28-15-14-24(30-26)33(27(35)36)22-13-8-19(3)18-23(22)37-5/h8-15,18H,6-7,16-17H2,1-5H3,(H,35,36)(H,28,29,30). The topological polar surface area (TPSA) is 111 Å². The first-order valence-electron chi connectivity index (χ1n) is 12.1. The molecule has 0 aliphatic heterocycles. The van der Waals surface area contributed by atoms with Gasteiger partial charge in [-0.25, -0.2) is 14.7 Å². The minimum atomic E-state index is -1.21. The molecule has 0 saturated carbocycles. The molecule has 0 aliphatic carbocycles. The van der Waals surface area contributed by atoms with Crippen molar-refractivity contribution >= 4 is 35.1 Å². The van der Waals surface area contributed by atoms with Gasteiger partial charge >= 0.3 is 6.09 Å². The first-order valence-corrected chi connectivity index (χ1v) is 12.1. The Balaban J connectivity index is 1.75. The minimum Gasteiger partial charge on any atom is -0.495 e. The van der Waals surface area contributed by atoms with Crippen molar-refractivity contribution in [3.63, 3.8) is 0 Å². The number of nitrogens with zero attached hydrogens (tertiary/aromatic N) is 5. The highest BCUT2D eigenvalue weighted by molar-refractivity contribution is 5.96. The van der Waals surface area contributed by atoms with Gasteiger partial charge in [0, 0.05) is 43.7 Å². The van der Waals surface area contributed by atoms with E-state index in [4.69, 9.17) is 4.74 Å². The number of methoxy groups -OCH3 is 1. The molecule has 0 spiro atoms. The van der Waals surface area contributed by atoms with Gasteiger partial charge in [0.2, 0.25) is 5.95 Å². The molecule has 0 unspecified atom stereocenters. The summed E-state index contributed by atoms with van der Waals surface area (Å²) in [4.78, 5) is 38.6. The number of carboxylic acid groups (broad SMARTS) is 1. The summed E-state index contributed by atoms with van der Waals surface area (Å²) < 4.78 is 5.39. The highest BCUT2D eigenvalue weighted by Gasteiger charge is 2.23. The first-order chi connectivity index (χ1) is 17.8. The lowest BCUT2D eigenvalue weighted by molar-refractivity contribution is 0.0779. The molecule has 0 aliphatic rings. The molecule has 0 radical (unpaired) electrons. The fourth-order valence-corrected chi connectivity index (χ4v) is 3.81. The van der Waals surface area contributed by atoms with Crippen LogP contribution in [0.3, 0.4) is 0 Å². The molecule has 196 valence electrons. The molecule has 2 amide bonds. The van der Waals surface area contributed by atoms with Gasteiger partial charge in [-0.15, -0.1) is 0 Å². The summed E-state index contributed by atoms with van der Waals surface area (Å²) in [6.45, 7) is 9.48. The van der Waals surface area contributed by atoms with E-state index in [1.807, 2.05) is 6.92 Å². The fourth-order valence-electron chi connectivity index (χ4n) is 3.81. The first kappa shape index (κ1) is 27.4. The largest absolute Gasteiger partial charge is 0.495 e. The predicted molar refractivity (Wildman–Crippen MR) is 144 cm³/mol. The fraction of sp³-hybridized carbons (Fsp3) is 0.333. The molecular weight excluding hydrogens is 472 g/mol. The van der Waals surface area contributed by atoms with E-state index in [1.54, 1.807) is 54.4 Å². The molecule has 0 bridgehead atoms. The van der Waals surface area contributed by atoms with Crippen LogP contribution in [-0.2, 0) is 0 Å². The number of amides is 2. The van der Waals surface area contributed by atoms with Gasteiger partial charge in [0.25, 0.3) is 5.91 Å². The molecule has 0 saturated heterocycles. The Hall–Kier alpha value is -4.18. The summed E-state index contributed by atoms with van der Waals surface area (Å²) in [7, 11) is 3.29. The van der Waals surface area contributed by atoms with Crippen LogP contribution in [0, 0.1) is 6.92 Å². The molecule has 37 heavy (non-hydrogen) atoms. The third kappa shape index (κ3) is 6.95. The normalized spacial score (nSPS) is 10.8. The van der Waals surface area contributed by atoms with Crippen molar-refractivity contribution in [3.8, 4) is 5.75 Å². The number of hydrogen-bond acceptors (Lipinski definition) is 7. The van der Waals surface area contributed by atoms with Crippen molar-refractivity contribution in [1.82, 2.24) is 19.8 Å². The summed E-state index contributed by atoms with van der Waals surface area (Å²) in [6.07, 6.45) is 0.268. The van der Waals surface area contributed by atoms with Crippen LogP contribution in [0.5, 0.6) is 5.75 Å². The van der Waals surface area contributed by atoms with Gasteiger partial charge in [0.05, 0.1) is 12.8 Å². The summed E-state index contributed by atoms with van der Waals surface area (Å²) in [5.74, 6) is 0.734. The van der Waals surface area contributed by atoms with Gasteiger partial charge in [-0.05, 0) is 62.0 Å².